The van der Waals surface area contributed by atoms with Crippen LogP contribution in [0, 0.1) is 0 Å². The molecule has 0 saturated carbocycles. The van der Waals surface area contributed by atoms with E-state index in [2.05, 4.69) is 36.9 Å². The van der Waals surface area contributed by atoms with Crippen LogP contribution in [0.1, 0.15) is 6.92 Å². The fourth-order valence-corrected chi connectivity index (χ4v) is 4.18. The Balaban J connectivity index is 2.56. The fourth-order valence-electron chi connectivity index (χ4n) is 2.02. The average Bonchev–Trinajstić information content (AvgIpc) is 2.51. The van der Waals surface area contributed by atoms with Gasteiger partial charge in [-0.1, -0.05) is 36.9 Å². The van der Waals surface area contributed by atoms with Crippen molar-refractivity contribution >= 4 is 10.9 Å². The molecule has 0 saturated heterocycles. The number of hydrogen-bond donors (Lipinski definition) is 1. The van der Waals surface area contributed by atoms with E-state index in [9.17, 15) is 5.11 Å². The predicted octanol–water partition coefficient (Wildman–Crippen LogP) is 5.07. The molecule has 106 valence electrons. The molecule has 1 unspecified atom stereocenters. The smallest absolute Gasteiger partial charge is 0.166 e. The fraction of sp³-hybridized carbons (Fsp3) is 0.0526. The molecule has 2 rings (SSSR count). The van der Waals surface area contributed by atoms with E-state index in [-0.39, 0.29) is 16.6 Å². The predicted molar refractivity (Wildman–Crippen MR) is 91.5 cm³/mol. The summed E-state index contributed by atoms with van der Waals surface area (Å²) in [6.45, 7) is 5.83. The van der Waals surface area contributed by atoms with Gasteiger partial charge < -0.3 is 5.11 Å². The van der Waals surface area contributed by atoms with Crippen LogP contribution in [-0.2, 0) is 10.9 Å². The van der Waals surface area contributed by atoms with Crippen molar-refractivity contribution in [1.82, 2.24) is 0 Å². The van der Waals surface area contributed by atoms with Gasteiger partial charge in [-0.3, -0.25) is 0 Å². The lowest BCUT2D eigenvalue weighted by atomic mass is 10.3. The summed E-state index contributed by atoms with van der Waals surface area (Å²) in [4.78, 5) is 3.61. The molecule has 1 N–H and O–H groups in total. The summed E-state index contributed by atoms with van der Waals surface area (Å²) in [6, 6.07) is 17.8. The average molecular weight is 295 g/mol. The van der Waals surface area contributed by atoms with Gasteiger partial charge >= 0.3 is 0 Å². The van der Waals surface area contributed by atoms with Gasteiger partial charge in [-0.05, 0) is 55.5 Å². The summed E-state index contributed by atoms with van der Waals surface area (Å²) >= 11 is 0. The van der Waals surface area contributed by atoms with Crippen molar-refractivity contribution in [2.45, 2.75) is 16.7 Å². The third-order valence-electron chi connectivity index (χ3n) is 2.90. The molecule has 0 bridgehead atoms. The van der Waals surface area contributed by atoms with E-state index in [4.69, 9.17) is 0 Å². The van der Waals surface area contributed by atoms with Gasteiger partial charge in [0.2, 0.25) is 0 Å². The molecule has 21 heavy (non-hydrogen) atoms. The number of phenolic OH excluding ortho intramolecular Hbond substituents is 1. The SMILES string of the molecule is C=C/C=C(\C=C/C)[S+](c1ccccc1)c1ccc(O)cc1. The molecule has 0 aliphatic heterocycles. The maximum absolute atomic E-state index is 9.51. The molecule has 0 spiro atoms. The van der Waals surface area contributed by atoms with Crippen molar-refractivity contribution in [2.75, 3.05) is 0 Å². The minimum atomic E-state index is -0.205. The highest BCUT2D eigenvalue weighted by molar-refractivity contribution is 8.00. The lowest BCUT2D eigenvalue weighted by Gasteiger charge is -2.08. The molecule has 2 aromatic rings. The van der Waals surface area contributed by atoms with Crippen LogP contribution < -0.4 is 0 Å². The molecule has 0 aliphatic carbocycles. The molecule has 0 heterocycles. The van der Waals surface area contributed by atoms with E-state index in [1.54, 1.807) is 12.1 Å². The van der Waals surface area contributed by atoms with Crippen LogP contribution in [0.25, 0.3) is 0 Å². The highest BCUT2D eigenvalue weighted by Gasteiger charge is 2.28. The van der Waals surface area contributed by atoms with E-state index in [1.807, 2.05) is 43.4 Å². The minimum Gasteiger partial charge on any atom is -0.508 e. The summed E-state index contributed by atoms with van der Waals surface area (Å²) in [7, 11) is -0.205. The van der Waals surface area contributed by atoms with Gasteiger partial charge in [0.05, 0.1) is 10.9 Å². The van der Waals surface area contributed by atoms with Gasteiger partial charge in [-0.2, -0.15) is 0 Å². The molecule has 1 atom stereocenters. The van der Waals surface area contributed by atoms with E-state index in [0.29, 0.717) is 0 Å². The van der Waals surface area contributed by atoms with Gasteiger partial charge in [-0.25, -0.2) is 0 Å². The molecule has 2 heteroatoms. The summed E-state index contributed by atoms with van der Waals surface area (Å²) in [6.07, 6.45) is 8.02. The van der Waals surface area contributed by atoms with Crippen LogP contribution in [0.3, 0.4) is 0 Å². The monoisotopic (exact) mass is 295 g/mol. The maximum atomic E-state index is 9.51. The van der Waals surface area contributed by atoms with E-state index in [0.717, 1.165) is 0 Å². The quantitative estimate of drug-likeness (QED) is 0.603. The number of hydrogen-bond acceptors (Lipinski definition) is 1. The first-order chi connectivity index (χ1) is 10.3. The van der Waals surface area contributed by atoms with Gasteiger partial charge in [0.1, 0.15) is 5.75 Å². The van der Waals surface area contributed by atoms with E-state index < -0.39 is 0 Å². The van der Waals surface area contributed by atoms with Crippen molar-refractivity contribution < 1.29 is 5.11 Å². The summed E-state index contributed by atoms with van der Waals surface area (Å²) in [5.41, 5.74) is 0. The van der Waals surface area contributed by atoms with Crippen LogP contribution in [0.4, 0.5) is 0 Å². The summed E-state index contributed by atoms with van der Waals surface area (Å²) in [5, 5.41) is 9.51. The zero-order valence-electron chi connectivity index (χ0n) is 12.1. The van der Waals surface area contributed by atoms with Crippen molar-refractivity contribution in [3.8, 4) is 5.75 Å². The Labute approximate surface area is 129 Å². The minimum absolute atomic E-state index is 0.205. The van der Waals surface area contributed by atoms with Gasteiger partial charge in [0, 0.05) is 0 Å². The lowest BCUT2D eigenvalue weighted by Crippen LogP contribution is -2.05. The highest BCUT2D eigenvalue weighted by Crippen LogP contribution is 2.31. The molecule has 1 nitrogen and oxygen atoms in total. The molecular formula is C19H19OS+. The highest BCUT2D eigenvalue weighted by atomic mass is 32.2. The Hall–Kier alpha value is -2.19. The van der Waals surface area contributed by atoms with Gasteiger partial charge in [0.15, 0.2) is 14.7 Å². The maximum Gasteiger partial charge on any atom is 0.166 e. The zero-order chi connectivity index (χ0) is 15.1. The van der Waals surface area contributed by atoms with Crippen LogP contribution >= 0.6 is 0 Å². The number of rotatable bonds is 5. The standard InChI is InChI=1S/C19H18OS/c1-3-8-17(9-4-2)21(18-10-6-5-7-11-18)19-14-12-16(20)13-15-19/h3-15H,1H2,2H3/p+1/b9-4-,17-8+. The Morgan fingerprint density at radius 1 is 1.00 bits per heavy atom. The third-order valence-corrected chi connectivity index (χ3v) is 5.13. The second-order valence-electron chi connectivity index (χ2n) is 4.42. The molecule has 0 aliphatic rings. The zero-order valence-corrected chi connectivity index (χ0v) is 12.9. The molecule has 0 fully saturated rings. The van der Waals surface area contributed by atoms with Gasteiger partial charge in [-0.15, -0.1) is 0 Å². The summed E-state index contributed by atoms with van der Waals surface area (Å²) in [5.74, 6) is 0.288. The lowest BCUT2D eigenvalue weighted by molar-refractivity contribution is 0.475. The second-order valence-corrected chi connectivity index (χ2v) is 6.44. The Morgan fingerprint density at radius 2 is 1.62 bits per heavy atom. The first-order valence-corrected chi connectivity index (χ1v) is 8.02. The van der Waals surface area contributed by atoms with Crippen molar-refractivity contribution in [1.29, 1.82) is 0 Å². The molecular weight excluding hydrogens is 276 g/mol. The van der Waals surface area contributed by atoms with Crippen LogP contribution in [0.2, 0.25) is 0 Å². The largest absolute Gasteiger partial charge is 0.508 e. The third kappa shape index (κ3) is 3.89. The first-order valence-electron chi connectivity index (χ1n) is 6.80. The van der Waals surface area contributed by atoms with Crippen LogP contribution in [0.15, 0.2) is 100 Å². The Morgan fingerprint density at radius 3 is 2.19 bits per heavy atom. The van der Waals surface area contributed by atoms with Crippen molar-refractivity contribution in [2.24, 2.45) is 0 Å². The van der Waals surface area contributed by atoms with Crippen LogP contribution in [0.5, 0.6) is 5.75 Å². The Bertz CT molecular complexity index is 639. The molecule has 0 aromatic heterocycles. The number of benzene rings is 2. The summed E-state index contributed by atoms with van der Waals surface area (Å²) < 4.78 is 0. The molecule has 2 aromatic carbocycles. The Kier molecular flexibility index (Phi) is 5.47. The first kappa shape index (κ1) is 15.2. The van der Waals surface area contributed by atoms with Crippen molar-refractivity contribution in [3.05, 3.63) is 90.4 Å². The second kappa shape index (κ2) is 7.55. The normalized spacial score (nSPS) is 13.3. The number of phenols is 1. The number of aromatic hydroxyl groups is 1. The van der Waals surface area contributed by atoms with E-state index in [1.165, 1.54) is 14.7 Å². The van der Waals surface area contributed by atoms with Crippen LogP contribution in [-0.4, -0.2) is 5.11 Å². The van der Waals surface area contributed by atoms with Gasteiger partial charge in [0.25, 0.3) is 0 Å². The van der Waals surface area contributed by atoms with Crippen molar-refractivity contribution in [3.63, 3.8) is 0 Å². The molecule has 0 radical (unpaired) electrons. The number of allylic oxidation sites excluding steroid dienone is 4. The van der Waals surface area contributed by atoms with E-state index >= 15 is 0 Å². The topological polar surface area (TPSA) is 20.2 Å². The molecule has 0 amide bonds.